The van der Waals surface area contributed by atoms with Gasteiger partial charge in [-0.2, -0.15) is 0 Å². The molecular weight excluding hydrogens is 340 g/mol. The summed E-state index contributed by atoms with van der Waals surface area (Å²) in [4.78, 5) is 39.7. The summed E-state index contributed by atoms with van der Waals surface area (Å²) in [6, 6.07) is -1.20. The second-order valence-corrected chi connectivity index (χ2v) is 6.72. The number of aliphatic hydroxyl groups excluding tert-OH is 1. The number of allylic oxidation sites excluding steroid dienone is 1. The third-order valence-electron chi connectivity index (χ3n) is 3.81. The highest BCUT2D eigenvalue weighted by Gasteiger charge is 2.57. The van der Waals surface area contributed by atoms with Crippen LogP contribution in [0.3, 0.4) is 0 Å². The topological polar surface area (TPSA) is 180 Å². The summed E-state index contributed by atoms with van der Waals surface area (Å²) in [5, 5.41) is 27.6. The highest BCUT2D eigenvalue weighted by Crippen LogP contribution is 2.51. The molecule has 2 aliphatic rings. The number of carboxylic acid groups (broad SMARTS) is 2. The van der Waals surface area contributed by atoms with Gasteiger partial charge in [0.25, 0.3) is 0 Å². The Morgan fingerprint density at radius 1 is 1.38 bits per heavy atom. The van der Waals surface area contributed by atoms with Crippen molar-refractivity contribution in [3.63, 3.8) is 0 Å². The van der Waals surface area contributed by atoms with Crippen molar-refractivity contribution >= 4 is 35.6 Å². The van der Waals surface area contributed by atoms with E-state index < -0.39 is 41.3 Å². The Morgan fingerprint density at radius 2 is 2.00 bits per heavy atom. The number of amides is 1. The molecule has 2 heterocycles. The Morgan fingerprint density at radius 3 is 2.46 bits per heavy atom. The van der Waals surface area contributed by atoms with Gasteiger partial charge in [0.2, 0.25) is 5.91 Å². The fraction of sp³-hybridized carbons (Fsp3) is 0.538. The number of aliphatic carboxylic acids is 2. The molecule has 2 rings (SSSR count). The number of guanidine groups is 1. The van der Waals surface area contributed by atoms with Crippen LogP contribution in [0.1, 0.15) is 19.8 Å². The number of aliphatic imine (C=N–C) groups is 1. The lowest BCUT2D eigenvalue weighted by molar-refractivity contribution is -0.156. The van der Waals surface area contributed by atoms with Crippen molar-refractivity contribution in [1.82, 2.24) is 4.90 Å². The van der Waals surface area contributed by atoms with E-state index in [4.69, 9.17) is 16.6 Å². The maximum absolute atomic E-state index is 12.0. The SMILES string of the molecule is CC(O)[C@H]1C(=O)N2C(C(=O)O)=C(CC[C@@H](N=C(N)N)C(=O)O)S[C@H]12. The average molecular weight is 358 g/mol. The Bertz CT molecular complexity index is 642. The predicted molar refractivity (Wildman–Crippen MR) is 84.5 cm³/mol. The molecule has 2 aliphatic heterocycles. The van der Waals surface area contributed by atoms with Crippen LogP contribution in [-0.4, -0.2) is 61.5 Å². The molecule has 1 amide bonds. The summed E-state index contributed by atoms with van der Waals surface area (Å²) in [5.41, 5.74) is 10.2. The normalized spacial score (nSPS) is 24.9. The number of hydrogen-bond acceptors (Lipinski definition) is 6. The molecule has 0 aromatic heterocycles. The zero-order chi connectivity index (χ0) is 18.2. The molecule has 132 valence electrons. The molecule has 11 heteroatoms. The maximum Gasteiger partial charge on any atom is 0.353 e. The molecule has 0 bridgehead atoms. The van der Waals surface area contributed by atoms with E-state index in [-0.39, 0.29) is 24.5 Å². The summed E-state index contributed by atoms with van der Waals surface area (Å²) < 4.78 is 0. The van der Waals surface area contributed by atoms with E-state index in [1.807, 2.05) is 0 Å². The van der Waals surface area contributed by atoms with Gasteiger partial charge in [0, 0.05) is 4.91 Å². The van der Waals surface area contributed by atoms with Crippen LogP contribution >= 0.6 is 11.8 Å². The van der Waals surface area contributed by atoms with Crippen LogP contribution in [0.2, 0.25) is 0 Å². The lowest BCUT2D eigenvalue weighted by atomic mass is 9.92. The minimum atomic E-state index is -1.27. The fourth-order valence-corrected chi connectivity index (χ4v) is 4.35. The Labute approximate surface area is 141 Å². The van der Waals surface area contributed by atoms with Gasteiger partial charge in [0.1, 0.15) is 11.1 Å². The lowest BCUT2D eigenvalue weighted by Gasteiger charge is -2.43. The second kappa shape index (κ2) is 6.69. The molecular formula is C13H18N4O6S. The van der Waals surface area contributed by atoms with E-state index in [1.54, 1.807) is 0 Å². The lowest BCUT2D eigenvalue weighted by Crippen LogP contribution is -2.60. The number of carbonyl (C=O) groups excluding carboxylic acids is 1. The smallest absolute Gasteiger partial charge is 0.353 e. The van der Waals surface area contributed by atoms with Crippen molar-refractivity contribution in [3.8, 4) is 0 Å². The molecule has 0 saturated carbocycles. The van der Waals surface area contributed by atoms with E-state index in [2.05, 4.69) is 4.99 Å². The van der Waals surface area contributed by atoms with Crippen LogP contribution in [0.25, 0.3) is 0 Å². The molecule has 0 aliphatic carbocycles. The number of fused-ring (bicyclic) bond motifs is 1. The van der Waals surface area contributed by atoms with Gasteiger partial charge in [0.05, 0.1) is 12.0 Å². The number of aliphatic hydroxyl groups is 1. The van der Waals surface area contributed by atoms with E-state index in [1.165, 1.54) is 6.92 Å². The number of nitrogens with two attached hydrogens (primary N) is 2. The van der Waals surface area contributed by atoms with Gasteiger partial charge in [-0.25, -0.2) is 14.6 Å². The minimum absolute atomic E-state index is 0.0135. The molecule has 4 atom stereocenters. The first-order valence-electron chi connectivity index (χ1n) is 7.11. The Kier molecular flexibility index (Phi) is 5.04. The maximum atomic E-state index is 12.0. The van der Waals surface area contributed by atoms with Crippen LogP contribution in [0.4, 0.5) is 0 Å². The molecule has 0 spiro atoms. The molecule has 10 nitrogen and oxygen atoms in total. The van der Waals surface area contributed by atoms with Crippen LogP contribution in [-0.2, 0) is 14.4 Å². The summed E-state index contributed by atoms with van der Waals surface area (Å²) in [5.74, 6) is -4.00. The van der Waals surface area contributed by atoms with Crippen molar-refractivity contribution in [1.29, 1.82) is 0 Å². The molecule has 0 radical (unpaired) electrons. The first kappa shape index (κ1) is 18.1. The van der Waals surface area contributed by atoms with Crippen molar-refractivity contribution in [2.75, 3.05) is 0 Å². The van der Waals surface area contributed by atoms with Crippen LogP contribution in [0, 0.1) is 5.92 Å². The van der Waals surface area contributed by atoms with Gasteiger partial charge in [0.15, 0.2) is 12.0 Å². The third kappa shape index (κ3) is 3.17. The fourth-order valence-electron chi connectivity index (χ4n) is 2.72. The van der Waals surface area contributed by atoms with Gasteiger partial charge < -0.3 is 26.8 Å². The van der Waals surface area contributed by atoms with E-state index in [9.17, 15) is 24.6 Å². The number of hydrogen-bond donors (Lipinski definition) is 5. The van der Waals surface area contributed by atoms with E-state index in [0.29, 0.717) is 4.91 Å². The molecule has 7 N–H and O–H groups in total. The minimum Gasteiger partial charge on any atom is -0.480 e. The number of thioether (sulfide) groups is 1. The number of rotatable bonds is 7. The first-order valence-corrected chi connectivity index (χ1v) is 7.99. The summed E-state index contributed by atoms with van der Waals surface area (Å²) >= 11 is 1.15. The Balaban J connectivity index is 2.17. The Hall–Kier alpha value is -2.27. The van der Waals surface area contributed by atoms with Crippen LogP contribution < -0.4 is 11.5 Å². The molecule has 24 heavy (non-hydrogen) atoms. The van der Waals surface area contributed by atoms with Crippen molar-refractivity contribution in [3.05, 3.63) is 10.6 Å². The highest BCUT2D eigenvalue weighted by molar-refractivity contribution is 8.04. The van der Waals surface area contributed by atoms with Gasteiger partial charge in [-0.15, -0.1) is 11.8 Å². The monoisotopic (exact) mass is 358 g/mol. The van der Waals surface area contributed by atoms with Crippen LogP contribution in [0.5, 0.6) is 0 Å². The summed E-state index contributed by atoms with van der Waals surface area (Å²) in [7, 11) is 0. The van der Waals surface area contributed by atoms with Gasteiger partial charge in [-0.05, 0) is 19.8 Å². The second-order valence-electron chi connectivity index (χ2n) is 5.51. The highest BCUT2D eigenvalue weighted by atomic mass is 32.2. The standard InChI is InChI=1S/C13H18N4O6S/c1-4(18)7-9(19)17-8(12(22)23)6(24-10(7)17)3-2-5(11(20)21)16-13(14)15/h4-5,7,10,18H,2-3H2,1H3,(H,20,21)(H,22,23)(H4,14,15,16)/t4?,5-,7+,10-/m1/s1. The molecule has 1 saturated heterocycles. The van der Waals surface area contributed by atoms with Crippen LogP contribution in [0.15, 0.2) is 15.6 Å². The molecule has 1 fully saturated rings. The first-order chi connectivity index (χ1) is 11.1. The zero-order valence-corrected chi connectivity index (χ0v) is 13.6. The van der Waals surface area contributed by atoms with E-state index in [0.717, 1.165) is 16.7 Å². The number of carboxylic acids is 2. The van der Waals surface area contributed by atoms with Gasteiger partial charge >= 0.3 is 11.9 Å². The molecule has 0 aromatic rings. The van der Waals surface area contributed by atoms with Crippen molar-refractivity contribution < 1.29 is 29.7 Å². The van der Waals surface area contributed by atoms with Gasteiger partial charge in [-0.3, -0.25) is 9.69 Å². The molecule has 1 unspecified atom stereocenters. The largest absolute Gasteiger partial charge is 0.480 e. The summed E-state index contributed by atoms with van der Waals surface area (Å²) in [6.07, 6.45) is -0.818. The van der Waals surface area contributed by atoms with Gasteiger partial charge in [-0.1, -0.05) is 0 Å². The third-order valence-corrected chi connectivity index (χ3v) is 5.24. The number of β-lactam (4-membered cyclic amide) rings is 1. The summed E-state index contributed by atoms with van der Waals surface area (Å²) in [6.45, 7) is 1.47. The predicted octanol–water partition coefficient (Wildman–Crippen LogP) is -1.30. The average Bonchev–Trinajstić information content (AvgIpc) is 2.76. The van der Waals surface area contributed by atoms with Crippen molar-refractivity contribution in [2.24, 2.45) is 22.4 Å². The number of carbonyl (C=O) groups is 3. The zero-order valence-electron chi connectivity index (χ0n) is 12.7. The number of nitrogens with zero attached hydrogens (tertiary/aromatic N) is 2. The molecule has 0 aromatic carbocycles. The van der Waals surface area contributed by atoms with Crippen molar-refractivity contribution in [2.45, 2.75) is 37.3 Å². The van der Waals surface area contributed by atoms with E-state index >= 15 is 0 Å². The quantitative estimate of drug-likeness (QED) is 0.210.